The molecule has 7 heteroatoms. The molecule has 0 aliphatic carbocycles. The Morgan fingerprint density at radius 1 is 0.771 bits per heavy atom. The first-order chi connectivity index (χ1) is 17.1. The number of hydrogen-bond acceptors (Lipinski definition) is 5. The summed E-state index contributed by atoms with van der Waals surface area (Å²) < 4.78 is 0. The number of nitrogen functional groups attached to an aromatic ring is 1. The van der Waals surface area contributed by atoms with E-state index in [-0.39, 0.29) is 5.91 Å². The summed E-state index contributed by atoms with van der Waals surface area (Å²) in [5, 5.41) is 6.57. The third kappa shape index (κ3) is 12.7. The van der Waals surface area contributed by atoms with Crippen LogP contribution in [-0.2, 0) is 4.79 Å². The Kier molecular flexibility index (Phi) is 13.8. The van der Waals surface area contributed by atoms with Gasteiger partial charge in [-0.2, -0.15) is 0 Å². The van der Waals surface area contributed by atoms with Crippen LogP contribution in [0.1, 0.15) is 6.92 Å². The minimum absolute atomic E-state index is 0.192. The summed E-state index contributed by atoms with van der Waals surface area (Å²) in [6.45, 7) is 8.14. The van der Waals surface area contributed by atoms with Crippen LogP contribution in [0.15, 0.2) is 91.0 Å². The maximum absolute atomic E-state index is 11.2. The molecule has 1 aliphatic heterocycles. The van der Waals surface area contributed by atoms with E-state index in [1.807, 2.05) is 83.8 Å². The van der Waals surface area contributed by atoms with Crippen LogP contribution in [0.4, 0.5) is 17.1 Å². The van der Waals surface area contributed by atoms with Gasteiger partial charge in [0, 0.05) is 75.7 Å². The third-order valence-electron chi connectivity index (χ3n) is 5.35. The summed E-state index contributed by atoms with van der Waals surface area (Å²) in [7, 11) is 0. The molecule has 4 N–H and O–H groups in total. The third-order valence-corrected chi connectivity index (χ3v) is 5.53. The van der Waals surface area contributed by atoms with Gasteiger partial charge in [0.1, 0.15) is 0 Å². The van der Waals surface area contributed by atoms with Crippen LogP contribution >= 0.6 is 11.6 Å². The lowest BCUT2D eigenvalue weighted by Crippen LogP contribution is -2.49. The summed E-state index contributed by atoms with van der Waals surface area (Å²) in [6, 6.07) is 29.8. The van der Waals surface area contributed by atoms with E-state index >= 15 is 0 Å². The van der Waals surface area contributed by atoms with Crippen molar-refractivity contribution in [2.75, 3.05) is 68.1 Å². The lowest BCUT2D eigenvalue weighted by atomic mass is 10.3. The van der Waals surface area contributed by atoms with Crippen molar-refractivity contribution in [2.24, 2.45) is 0 Å². The van der Waals surface area contributed by atoms with Crippen molar-refractivity contribution in [3.63, 3.8) is 0 Å². The highest BCUT2D eigenvalue weighted by Gasteiger charge is 2.17. The monoisotopic (exact) mass is 495 g/mol. The van der Waals surface area contributed by atoms with E-state index < -0.39 is 0 Å². The molecule has 0 bridgehead atoms. The van der Waals surface area contributed by atoms with Gasteiger partial charge in [-0.3, -0.25) is 9.69 Å². The van der Waals surface area contributed by atoms with Crippen molar-refractivity contribution in [1.29, 1.82) is 0 Å². The second-order valence-electron chi connectivity index (χ2n) is 8.03. The van der Waals surface area contributed by atoms with Crippen molar-refractivity contribution in [3.8, 4) is 0 Å². The van der Waals surface area contributed by atoms with Crippen LogP contribution in [0.2, 0.25) is 0 Å². The van der Waals surface area contributed by atoms with Gasteiger partial charge in [-0.15, -0.1) is 11.6 Å². The number of carbonyl (C=O) groups is 1. The molecule has 35 heavy (non-hydrogen) atoms. The maximum Gasteiger partial charge on any atom is 0.219 e. The van der Waals surface area contributed by atoms with Crippen molar-refractivity contribution in [3.05, 3.63) is 91.0 Å². The van der Waals surface area contributed by atoms with E-state index in [4.69, 9.17) is 17.3 Å². The Morgan fingerprint density at radius 3 is 1.63 bits per heavy atom. The van der Waals surface area contributed by atoms with Gasteiger partial charge in [-0.05, 0) is 36.4 Å². The van der Waals surface area contributed by atoms with E-state index in [9.17, 15) is 4.79 Å². The minimum atomic E-state index is 0.192. The standard InChI is InChI=1S/C14H21N3O.C8H10ClN.C6H7N/c1-13(18)17-11-9-16(10-12-17)8-7-15-14-5-3-2-4-6-14;9-6-7-10-8-4-2-1-3-5-8;7-6-4-2-1-3-5-6/h2-6,15H,7-12H2,1H3;1-5,10H,6-7H2;1-5H,7H2. The van der Waals surface area contributed by atoms with E-state index in [1.54, 1.807) is 6.92 Å². The molecule has 3 aromatic rings. The molecule has 1 aliphatic rings. The Balaban J connectivity index is 0.000000212. The largest absolute Gasteiger partial charge is 0.399 e. The number of benzene rings is 3. The Labute approximate surface area is 215 Å². The summed E-state index contributed by atoms with van der Waals surface area (Å²) in [4.78, 5) is 15.5. The molecule has 0 radical (unpaired) electrons. The number of rotatable bonds is 7. The molecule has 6 nitrogen and oxygen atoms in total. The fourth-order valence-corrected chi connectivity index (χ4v) is 3.50. The van der Waals surface area contributed by atoms with Crippen molar-refractivity contribution >= 4 is 34.6 Å². The Morgan fingerprint density at radius 2 is 1.23 bits per heavy atom. The predicted octanol–water partition coefficient (Wildman–Crippen LogP) is 4.87. The van der Waals surface area contributed by atoms with Gasteiger partial charge in [0.2, 0.25) is 5.91 Å². The van der Waals surface area contributed by atoms with Crippen molar-refractivity contribution in [1.82, 2.24) is 9.80 Å². The molecule has 1 amide bonds. The average molecular weight is 496 g/mol. The van der Waals surface area contributed by atoms with E-state index in [0.29, 0.717) is 5.88 Å². The number of alkyl halides is 1. The Hall–Kier alpha value is -3.22. The van der Waals surface area contributed by atoms with Crippen molar-refractivity contribution < 1.29 is 4.79 Å². The predicted molar refractivity (Wildman–Crippen MR) is 150 cm³/mol. The second kappa shape index (κ2) is 17.2. The highest BCUT2D eigenvalue weighted by molar-refractivity contribution is 6.18. The number of piperazine rings is 1. The zero-order valence-corrected chi connectivity index (χ0v) is 21.3. The quantitative estimate of drug-likeness (QED) is 0.322. The number of hydrogen-bond donors (Lipinski definition) is 3. The van der Waals surface area contributed by atoms with Gasteiger partial charge in [0.15, 0.2) is 0 Å². The van der Waals surface area contributed by atoms with E-state index in [2.05, 4.69) is 27.7 Å². The molecule has 0 unspecified atom stereocenters. The highest BCUT2D eigenvalue weighted by atomic mass is 35.5. The number of halogens is 1. The van der Waals surface area contributed by atoms with Crippen LogP contribution in [0.3, 0.4) is 0 Å². The molecule has 1 saturated heterocycles. The minimum Gasteiger partial charge on any atom is -0.399 e. The first-order valence-corrected chi connectivity index (χ1v) is 12.5. The molecule has 0 saturated carbocycles. The number of amides is 1. The van der Waals surface area contributed by atoms with E-state index in [1.165, 1.54) is 5.69 Å². The SMILES string of the molecule is CC(=O)N1CCN(CCNc2ccccc2)CC1.ClCCNc1ccccc1.Nc1ccccc1. The molecule has 0 spiro atoms. The number of carbonyl (C=O) groups excluding carboxylic acids is 1. The van der Waals surface area contributed by atoms with Crippen LogP contribution in [-0.4, -0.2) is 67.4 Å². The normalized spacial score (nSPS) is 12.9. The number of nitrogens with two attached hydrogens (primary N) is 1. The maximum atomic E-state index is 11.2. The number of anilines is 3. The molecule has 0 atom stereocenters. The van der Waals surface area contributed by atoms with Crippen molar-refractivity contribution in [2.45, 2.75) is 6.92 Å². The lowest BCUT2D eigenvalue weighted by molar-refractivity contribution is -0.130. The summed E-state index contributed by atoms with van der Waals surface area (Å²) in [6.07, 6.45) is 0. The van der Waals surface area contributed by atoms with Crippen LogP contribution in [0, 0.1) is 0 Å². The lowest BCUT2D eigenvalue weighted by Gasteiger charge is -2.34. The topological polar surface area (TPSA) is 73.6 Å². The van der Waals surface area contributed by atoms with Crippen LogP contribution in [0.25, 0.3) is 0 Å². The average Bonchev–Trinajstić information content (AvgIpc) is 2.90. The van der Waals surface area contributed by atoms with Crippen LogP contribution < -0.4 is 16.4 Å². The zero-order valence-electron chi connectivity index (χ0n) is 20.6. The van der Waals surface area contributed by atoms with E-state index in [0.717, 1.165) is 57.2 Å². The first kappa shape index (κ1) is 28.0. The molecular weight excluding hydrogens is 458 g/mol. The second-order valence-corrected chi connectivity index (χ2v) is 8.41. The number of nitrogens with zero attached hydrogens (tertiary/aromatic N) is 2. The number of para-hydroxylation sites is 3. The van der Waals surface area contributed by atoms with Gasteiger partial charge in [-0.1, -0.05) is 54.6 Å². The first-order valence-electron chi connectivity index (χ1n) is 12.0. The summed E-state index contributed by atoms with van der Waals surface area (Å²) in [5.41, 5.74) is 8.47. The zero-order chi connectivity index (χ0) is 25.1. The molecule has 0 aromatic heterocycles. The summed E-state index contributed by atoms with van der Waals surface area (Å²) in [5.74, 6) is 0.839. The van der Waals surface area contributed by atoms with Gasteiger partial charge < -0.3 is 21.3 Å². The number of nitrogens with one attached hydrogen (secondary N) is 2. The van der Waals surface area contributed by atoms with Gasteiger partial charge in [-0.25, -0.2) is 0 Å². The summed E-state index contributed by atoms with van der Waals surface area (Å²) >= 11 is 5.49. The van der Waals surface area contributed by atoms with Crippen LogP contribution in [0.5, 0.6) is 0 Å². The highest BCUT2D eigenvalue weighted by Crippen LogP contribution is 2.06. The fourth-order valence-electron chi connectivity index (χ4n) is 3.40. The smallest absolute Gasteiger partial charge is 0.219 e. The Bertz CT molecular complexity index is 920. The fraction of sp³-hybridized carbons (Fsp3) is 0.321. The molecule has 3 aromatic carbocycles. The molecule has 4 rings (SSSR count). The molecule has 1 fully saturated rings. The van der Waals surface area contributed by atoms with Gasteiger partial charge in [0.25, 0.3) is 0 Å². The molecule has 188 valence electrons. The molecule has 1 heterocycles. The van der Waals surface area contributed by atoms with Gasteiger partial charge in [0.05, 0.1) is 0 Å². The van der Waals surface area contributed by atoms with Gasteiger partial charge >= 0.3 is 0 Å². The molecular formula is C28H38ClN5O.